The van der Waals surface area contributed by atoms with Gasteiger partial charge in [-0.25, -0.2) is 15.0 Å². The molecular formula is C31H34ClN7O5. The molecule has 6 rings (SSSR count). The second-order valence-corrected chi connectivity index (χ2v) is 11.0. The van der Waals surface area contributed by atoms with E-state index >= 15 is 0 Å². The van der Waals surface area contributed by atoms with Crippen LogP contribution in [0.4, 0.5) is 5.82 Å². The molecule has 2 aliphatic heterocycles. The number of imidazole rings is 1. The van der Waals surface area contributed by atoms with E-state index in [-0.39, 0.29) is 18.7 Å². The lowest BCUT2D eigenvalue weighted by molar-refractivity contribution is -0.122. The smallest absolute Gasteiger partial charge is 0.221 e. The molecule has 13 heteroatoms. The number of benzene rings is 2. The number of hydrogen-bond acceptors (Lipinski definition) is 10. The van der Waals surface area contributed by atoms with Crippen molar-refractivity contribution in [2.45, 2.75) is 32.2 Å². The number of aromatic nitrogens is 4. The Morgan fingerprint density at radius 2 is 1.95 bits per heavy atom. The molecule has 4 aromatic rings. The summed E-state index contributed by atoms with van der Waals surface area (Å²) in [4.78, 5) is 34.2. The molecule has 1 atom stereocenters. The van der Waals surface area contributed by atoms with Crippen molar-refractivity contribution in [3.05, 3.63) is 76.7 Å². The molecule has 0 bridgehead atoms. The Labute approximate surface area is 260 Å². The molecule has 0 radical (unpaired) electrons. The molecule has 0 saturated carbocycles. The van der Waals surface area contributed by atoms with Crippen LogP contribution in [0.1, 0.15) is 23.1 Å². The van der Waals surface area contributed by atoms with Crippen LogP contribution in [0.3, 0.4) is 0 Å². The van der Waals surface area contributed by atoms with Crippen LogP contribution in [-0.2, 0) is 29.2 Å². The highest BCUT2D eigenvalue weighted by atomic mass is 35.5. The van der Waals surface area contributed by atoms with Gasteiger partial charge in [0, 0.05) is 69.2 Å². The summed E-state index contributed by atoms with van der Waals surface area (Å²) in [5.41, 5.74) is 3.07. The largest absolute Gasteiger partial charge is 0.493 e. The van der Waals surface area contributed by atoms with Crippen molar-refractivity contribution in [1.29, 1.82) is 0 Å². The summed E-state index contributed by atoms with van der Waals surface area (Å²) >= 11 is 6.41. The van der Waals surface area contributed by atoms with Gasteiger partial charge in [0.05, 0.1) is 20.8 Å². The van der Waals surface area contributed by atoms with Crippen LogP contribution < -0.4 is 24.4 Å². The van der Waals surface area contributed by atoms with Crippen molar-refractivity contribution in [3.63, 3.8) is 0 Å². The topological polar surface area (TPSA) is 127 Å². The van der Waals surface area contributed by atoms with Crippen LogP contribution in [-0.4, -0.2) is 77.4 Å². The number of piperazine rings is 1. The van der Waals surface area contributed by atoms with Crippen molar-refractivity contribution in [2.75, 3.05) is 45.5 Å². The van der Waals surface area contributed by atoms with E-state index in [1.165, 1.54) is 0 Å². The minimum atomic E-state index is -0.0986. The first-order valence-corrected chi connectivity index (χ1v) is 14.7. The van der Waals surface area contributed by atoms with E-state index in [2.05, 4.69) is 42.2 Å². The fourth-order valence-corrected chi connectivity index (χ4v) is 5.70. The van der Waals surface area contributed by atoms with Gasteiger partial charge in [0.25, 0.3) is 0 Å². The molecule has 2 aromatic heterocycles. The van der Waals surface area contributed by atoms with Crippen molar-refractivity contribution < 1.29 is 23.7 Å². The minimum Gasteiger partial charge on any atom is -0.493 e. The molecule has 230 valence electrons. The van der Waals surface area contributed by atoms with Crippen molar-refractivity contribution in [1.82, 2.24) is 30.2 Å². The normalized spacial score (nSPS) is 16.6. The van der Waals surface area contributed by atoms with E-state index in [9.17, 15) is 4.79 Å². The van der Waals surface area contributed by atoms with Gasteiger partial charge in [0.2, 0.25) is 5.91 Å². The molecule has 1 amide bonds. The third-order valence-corrected chi connectivity index (χ3v) is 7.94. The number of carbonyl (C=O) groups is 1. The highest BCUT2D eigenvalue weighted by molar-refractivity contribution is 6.29. The molecular weight excluding hydrogens is 586 g/mol. The third kappa shape index (κ3) is 6.88. The third-order valence-electron chi connectivity index (χ3n) is 7.74. The summed E-state index contributed by atoms with van der Waals surface area (Å²) in [6.07, 6.45) is 3.66. The van der Waals surface area contributed by atoms with Gasteiger partial charge < -0.3 is 34.1 Å². The number of H-pyrrole nitrogens is 1. The van der Waals surface area contributed by atoms with Gasteiger partial charge in [0.1, 0.15) is 16.7 Å². The quantitative estimate of drug-likeness (QED) is 0.253. The van der Waals surface area contributed by atoms with Crippen LogP contribution in [0.5, 0.6) is 17.2 Å². The fourth-order valence-electron chi connectivity index (χ4n) is 5.52. The monoisotopic (exact) mass is 619 g/mol. The van der Waals surface area contributed by atoms with Gasteiger partial charge in [-0.15, -0.1) is 0 Å². The average molecular weight is 620 g/mol. The molecule has 4 heterocycles. The predicted octanol–water partition coefficient (Wildman–Crippen LogP) is 3.80. The molecule has 2 aliphatic rings. The summed E-state index contributed by atoms with van der Waals surface area (Å²) in [7, 11) is 3.19. The standard InChI is InChI=1S/C31H34ClN7O5/c1-41-25-6-3-20(12-26(25)42-2)15-35-29(40)13-23-17-39(28-14-27(32)36-31(37-28)30-33-7-8-34-30)10-9-38(23)16-21-4-5-24-22(11-21)18-43-19-44-24/h3-8,11-12,14,23H,9-10,13,15-19H2,1-2H3,(H,33,34)(H,35,40). The Kier molecular flexibility index (Phi) is 9.10. The first kappa shape index (κ1) is 29.7. The molecule has 2 aromatic carbocycles. The first-order valence-electron chi connectivity index (χ1n) is 14.3. The molecule has 1 unspecified atom stereocenters. The Hall–Kier alpha value is -4.39. The molecule has 1 fully saturated rings. The number of rotatable bonds is 10. The van der Waals surface area contributed by atoms with E-state index in [0.717, 1.165) is 29.0 Å². The van der Waals surface area contributed by atoms with Gasteiger partial charge in [-0.05, 0) is 35.4 Å². The number of methoxy groups -OCH3 is 2. The van der Waals surface area contributed by atoms with E-state index in [0.29, 0.717) is 73.3 Å². The number of carbonyl (C=O) groups excluding carboxylic acids is 1. The van der Waals surface area contributed by atoms with Crippen LogP contribution in [0, 0.1) is 0 Å². The number of ether oxygens (including phenoxy) is 4. The van der Waals surface area contributed by atoms with Gasteiger partial charge in [0.15, 0.2) is 29.9 Å². The van der Waals surface area contributed by atoms with E-state index in [1.807, 2.05) is 24.3 Å². The summed E-state index contributed by atoms with van der Waals surface area (Å²) in [5.74, 6) is 3.70. The number of fused-ring (bicyclic) bond motifs is 1. The molecule has 0 aliphatic carbocycles. The van der Waals surface area contributed by atoms with Crippen LogP contribution in [0.25, 0.3) is 11.6 Å². The predicted molar refractivity (Wildman–Crippen MR) is 164 cm³/mol. The zero-order chi connectivity index (χ0) is 30.5. The zero-order valence-corrected chi connectivity index (χ0v) is 25.3. The summed E-state index contributed by atoms with van der Waals surface area (Å²) < 4.78 is 21.8. The maximum absolute atomic E-state index is 13.4. The fraction of sp³-hybridized carbons (Fsp3) is 0.355. The number of amides is 1. The number of halogens is 1. The number of nitrogens with one attached hydrogen (secondary N) is 2. The Balaban J connectivity index is 1.19. The number of aromatic amines is 1. The van der Waals surface area contributed by atoms with Crippen molar-refractivity contribution >= 4 is 23.3 Å². The second kappa shape index (κ2) is 13.5. The lowest BCUT2D eigenvalue weighted by atomic mass is 10.0. The molecule has 2 N–H and O–H groups in total. The molecule has 12 nitrogen and oxygen atoms in total. The highest BCUT2D eigenvalue weighted by Crippen LogP contribution is 2.29. The van der Waals surface area contributed by atoms with Crippen molar-refractivity contribution in [2.24, 2.45) is 0 Å². The van der Waals surface area contributed by atoms with Crippen LogP contribution >= 0.6 is 11.6 Å². The highest BCUT2D eigenvalue weighted by Gasteiger charge is 2.30. The Bertz CT molecular complexity index is 1600. The number of hydrogen-bond donors (Lipinski definition) is 2. The van der Waals surface area contributed by atoms with E-state index in [1.54, 1.807) is 32.7 Å². The molecule has 0 spiro atoms. The lowest BCUT2D eigenvalue weighted by Crippen LogP contribution is -2.54. The van der Waals surface area contributed by atoms with E-state index in [4.69, 9.17) is 35.5 Å². The molecule has 44 heavy (non-hydrogen) atoms. The Morgan fingerprint density at radius 1 is 1.09 bits per heavy atom. The van der Waals surface area contributed by atoms with E-state index < -0.39 is 0 Å². The SMILES string of the molecule is COc1ccc(CNC(=O)CC2CN(c3cc(Cl)nc(-c4ncc[nH]4)n3)CCN2Cc2ccc3c(c2)COCO3)cc1OC. The Morgan fingerprint density at radius 3 is 2.77 bits per heavy atom. The zero-order valence-electron chi connectivity index (χ0n) is 24.6. The van der Waals surface area contributed by atoms with Crippen LogP contribution in [0.2, 0.25) is 5.15 Å². The lowest BCUT2D eigenvalue weighted by Gasteiger charge is -2.42. The molecule has 1 saturated heterocycles. The summed E-state index contributed by atoms with van der Waals surface area (Å²) in [6, 6.07) is 13.5. The van der Waals surface area contributed by atoms with Gasteiger partial charge in [-0.1, -0.05) is 23.7 Å². The summed E-state index contributed by atoms with van der Waals surface area (Å²) in [6.45, 7) is 3.83. The average Bonchev–Trinajstić information content (AvgIpc) is 3.59. The number of anilines is 1. The second-order valence-electron chi connectivity index (χ2n) is 10.6. The number of nitrogens with zero attached hydrogens (tertiary/aromatic N) is 5. The summed E-state index contributed by atoms with van der Waals surface area (Å²) in [5, 5.41) is 3.40. The van der Waals surface area contributed by atoms with Gasteiger partial charge in [-0.2, -0.15) is 0 Å². The van der Waals surface area contributed by atoms with Crippen LogP contribution in [0.15, 0.2) is 54.9 Å². The minimum absolute atomic E-state index is 0.0547. The maximum Gasteiger partial charge on any atom is 0.221 e. The maximum atomic E-state index is 13.4. The first-order chi connectivity index (χ1) is 21.5. The van der Waals surface area contributed by atoms with Gasteiger partial charge in [-0.3, -0.25) is 9.69 Å². The van der Waals surface area contributed by atoms with Crippen molar-refractivity contribution in [3.8, 4) is 28.9 Å². The van der Waals surface area contributed by atoms with Gasteiger partial charge >= 0.3 is 0 Å².